The van der Waals surface area contributed by atoms with E-state index in [4.69, 9.17) is 5.73 Å². The first-order chi connectivity index (χ1) is 8.30. The molecular formula is C11H22N4O3. The van der Waals surface area contributed by atoms with Crippen molar-refractivity contribution in [1.82, 2.24) is 16.0 Å². The maximum Gasteiger partial charge on any atom is 0.239 e. The molecule has 0 aliphatic carbocycles. The third-order valence-electron chi connectivity index (χ3n) is 2.44. The molecule has 0 saturated heterocycles. The SMILES string of the molecule is CCC(C)(C)NC(=O)CNC(=O)CNC(=O)CN. The molecule has 0 aliphatic heterocycles. The first-order valence-corrected chi connectivity index (χ1v) is 5.85. The predicted molar refractivity (Wildman–Crippen MR) is 67.6 cm³/mol. The van der Waals surface area contributed by atoms with Crippen LogP contribution in [0.5, 0.6) is 0 Å². The molecule has 0 atom stereocenters. The molecule has 0 fully saturated rings. The molecule has 104 valence electrons. The highest BCUT2D eigenvalue weighted by molar-refractivity contribution is 5.88. The largest absolute Gasteiger partial charge is 0.350 e. The lowest BCUT2D eigenvalue weighted by Gasteiger charge is -2.24. The number of nitrogens with one attached hydrogen (secondary N) is 3. The van der Waals surface area contributed by atoms with Gasteiger partial charge in [-0.15, -0.1) is 0 Å². The molecule has 0 bridgehead atoms. The number of nitrogens with two attached hydrogens (primary N) is 1. The molecule has 0 aliphatic rings. The summed E-state index contributed by atoms with van der Waals surface area (Å²) in [5, 5.41) is 7.49. The summed E-state index contributed by atoms with van der Waals surface area (Å²) in [7, 11) is 0. The summed E-state index contributed by atoms with van der Waals surface area (Å²) >= 11 is 0. The Morgan fingerprint density at radius 3 is 2.00 bits per heavy atom. The first-order valence-electron chi connectivity index (χ1n) is 5.85. The third kappa shape index (κ3) is 7.61. The fourth-order valence-electron chi connectivity index (χ4n) is 1.00. The van der Waals surface area contributed by atoms with E-state index in [1.807, 2.05) is 20.8 Å². The van der Waals surface area contributed by atoms with E-state index in [0.717, 1.165) is 6.42 Å². The first kappa shape index (κ1) is 16.4. The smallest absolute Gasteiger partial charge is 0.239 e. The zero-order valence-corrected chi connectivity index (χ0v) is 11.1. The van der Waals surface area contributed by atoms with E-state index in [2.05, 4.69) is 16.0 Å². The molecule has 7 heteroatoms. The Bertz CT molecular complexity index is 315. The molecule has 0 aromatic heterocycles. The van der Waals surface area contributed by atoms with Crippen molar-refractivity contribution in [2.24, 2.45) is 5.73 Å². The van der Waals surface area contributed by atoms with Crippen LogP contribution in [0.4, 0.5) is 0 Å². The lowest BCUT2D eigenvalue weighted by molar-refractivity contribution is -0.127. The molecule has 3 amide bonds. The molecule has 0 aromatic rings. The van der Waals surface area contributed by atoms with E-state index in [0.29, 0.717) is 0 Å². The summed E-state index contributed by atoms with van der Waals surface area (Å²) in [6, 6.07) is 0. The van der Waals surface area contributed by atoms with E-state index in [1.54, 1.807) is 0 Å². The highest BCUT2D eigenvalue weighted by Crippen LogP contribution is 2.05. The third-order valence-corrected chi connectivity index (χ3v) is 2.44. The average Bonchev–Trinajstić information content (AvgIpc) is 2.32. The van der Waals surface area contributed by atoms with Gasteiger partial charge >= 0.3 is 0 Å². The second kappa shape index (κ2) is 7.65. The Morgan fingerprint density at radius 1 is 1.00 bits per heavy atom. The average molecular weight is 258 g/mol. The number of hydrogen-bond acceptors (Lipinski definition) is 4. The topological polar surface area (TPSA) is 113 Å². The lowest BCUT2D eigenvalue weighted by Crippen LogP contribution is -2.48. The van der Waals surface area contributed by atoms with E-state index in [9.17, 15) is 14.4 Å². The van der Waals surface area contributed by atoms with Gasteiger partial charge in [0.25, 0.3) is 0 Å². The van der Waals surface area contributed by atoms with Crippen LogP contribution in [0.3, 0.4) is 0 Å². The molecular weight excluding hydrogens is 236 g/mol. The summed E-state index contributed by atoms with van der Waals surface area (Å²) in [6.07, 6.45) is 0.791. The van der Waals surface area contributed by atoms with Crippen molar-refractivity contribution in [2.45, 2.75) is 32.7 Å². The van der Waals surface area contributed by atoms with Gasteiger partial charge in [-0.2, -0.15) is 0 Å². The van der Waals surface area contributed by atoms with Crippen LogP contribution in [0, 0.1) is 0 Å². The van der Waals surface area contributed by atoms with Gasteiger partial charge in [-0.25, -0.2) is 0 Å². The predicted octanol–water partition coefficient (Wildman–Crippen LogP) is -1.52. The van der Waals surface area contributed by atoms with Gasteiger partial charge < -0.3 is 21.7 Å². The molecule has 0 heterocycles. The zero-order chi connectivity index (χ0) is 14.2. The summed E-state index contributed by atoms with van der Waals surface area (Å²) in [5.41, 5.74) is 4.76. The van der Waals surface area contributed by atoms with Crippen molar-refractivity contribution < 1.29 is 14.4 Å². The second-order valence-electron chi connectivity index (χ2n) is 4.54. The normalized spacial score (nSPS) is 10.7. The molecule has 0 radical (unpaired) electrons. The van der Waals surface area contributed by atoms with Crippen LogP contribution in [-0.4, -0.2) is 42.9 Å². The minimum Gasteiger partial charge on any atom is -0.350 e. The molecule has 0 aromatic carbocycles. The van der Waals surface area contributed by atoms with E-state index in [-0.39, 0.29) is 31.1 Å². The van der Waals surface area contributed by atoms with Gasteiger partial charge in [-0.3, -0.25) is 14.4 Å². The summed E-state index contributed by atoms with van der Waals surface area (Å²) in [4.78, 5) is 33.5. The second-order valence-corrected chi connectivity index (χ2v) is 4.54. The number of carbonyl (C=O) groups is 3. The van der Waals surface area contributed by atoms with Crippen LogP contribution in [-0.2, 0) is 14.4 Å². The molecule has 0 unspecified atom stereocenters. The van der Waals surface area contributed by atoms with Gasteiger partial charge in [-0.05, 0) is 20.3 Å². The number of rotatable bonds is 7. The maximum atomic E-state index is 11.5. The van der Waals surface area contributed by atoms with Crippen molar-refractivity contribution in [3.8, 4) is 0 Å². The van der Waals surface area contributed by atoms with E-state index in [1.165, 1.54) is 0 Å². The van der Waals surface area contributed by atoms with Crippen molar-refractivity contribution in [3.63, 3.8) is 0 Å². The lowest BCUT2D eigenvalue weighted by atomic mass is 10.0. The van der Waals surface area contributed by atoms with Crippen molar-refractivity contribution in [2.75, 3.05) is 19.6 Å². The monoisotopic (exact) mass is 258 g/mol. The van der Waals surface area contributed by atoms with Crippen molar-refractivity contribution in [3.05, 3.63) is 0 Å². The Morgan fingerprint density at radius 2 is 1.50 bits per heavy atom. The Kier molecular flexibility index (Phi) is 6.96. The van der Waals surface area contributed by atoms with Gasteiger partial charge in [0.15, 0.2) is 0 Å². The summed E-state index contributed by atoms with van der Waals surface area (Å²) in [6.45, 7) is 5.29. The maximum absolute atomic E-state index is 11.5. The van der Waals surface area contributed by atoms with Gasteiger partial charge in [0.1, 0.15) is 0 Å². The summed E-state index contributed by atoms with van der Waals surface area (Å²) < 4.78 is 0. The van der Waals surface area contributed by atoms with Crippen LogP contribution < -0.4 is 21.7 Å². The number of carbonyl (C=O) groups excluding carboxylic acids is 3. The van der Waals surface area contributed by atoms with Gasteiger partial charge in [0.05, 0.1) is 19.6 Å². The quantitative estimate of drug-likeness (QED) is 0.444. The highest BCUT2D eigenvalue weighted by Gasteiger charge is 2.17. The highest BCUT2D eigenvalue weighted by atomic mass is 16.2. The molecule has 0 rings (SSSR count). The van der Waals surface area contributed by atoms with Crippen LogP contribution in [0.1, 0.15) is 27.2 Å². The Hall–Kier alpha value is -1.63. The van der Waals surface area contributed by atoms with Crippen LogP contribution in [0.15, 0.2) is 0 Å². The van der Waals surface area contributed by atoms with E-state index >= 15 is 0 Å². The van der Waals surface area contributed by atoms with Crippen molar-refractivity contribution >= 4 is 17.7 Å². The fraction of sp³-hybridized carbons (Fsp3) is 0.727. The van der Waals surface area contributed by atoms with Crippen LogP contribution in [0.2, 0.25) is 0 Å². The minimum absolute atomic E-state index is 0.110. The van der Waals surface area contributed by atoms with Gasteiger partial charge in [0.2, 0.25) is 17.7 Å². The van der Waals surface area contributed by atoms with Crippen molar-refractivity contribution in [1.29, 1.82) is 0 Å². The number of hydrogen-bond donors (Lipinski definition) is 4. The minimum atomic E-state index is -0.429. The van der Waals surface area contributed by atoms with Gasteiger partial charge in [-0.1, -0.05) is 6.92 Å². The van der Waals surface area contributed by atoms with E-state index < -0.39 is 11.8 Å². The molecule has 7 nitrogen and oxygen atoms in total. The fourth-order valence-corrected chi connectivity index (χ4v) is 1.00. The van der Waals surface area contributed by atoms with Crippen LogP contribution >= 0.6 is 0 Å². The van der Waals surface area contributed by atoms with Crippen LogP contribution in [0.25, 0.3) is 0 Å². The Balaban J connectivity index is 3.85. The molecule has 0 saturated carbocycles. The number of amides is 3. The van der Waals surface area contributed by atoms with Gasteiger partial charge in [0, 0.05) is 5.54 Å². The summed E-state index contributed by atoms with van der Waals surface area (Å²) in [5.74, 6) is -1.11. The standard InChI is InChI=1S/C11H22N4O3/c1-4-11(2,3)15-10(18)7-14-9(17)6-13-8(16)5-12/h4-7,12H2,1-3H3,(H,13,16)(H,14,17)(H,15,18). The molecule has 5 N–H and O–H groups in total. The molecule has 0 spiro atoms. The zero-order valence-electron chi connectivity index (χ0n) is 11.1. The molecule has 18 heavy (non-hydrogen) atoms. The Labute approximate surface area is 107 Å².